The van der Waals surface area contributed by atoms with Gasteiger partial charge in [-0.05, 0) is 73.1 Å². The smallest absolute Gasteiger partial charge is 0.197 e. The van der Waals surface area contributed by atoms with E-state index in [1.807, 2.05) is 12.1 Å². The molecule has 1 saturated heterocycles. The van der Waals surface area contributed by atoms with Gasteiger partial charge in [0.1, 0.15) is 29.7 Å². The Balaban J connectivity index is 1.02. The quantitative estimate of drug-likeness (QED) is 0.0431. The number of ether oxygens (including phenoxy) is 1. The summed E-state index contributed by atoms with van der Waals surface area (Å²) in [6.45, 7) is 4.23. The fraction of sp³-hybridized carbons (Fsp3) is 0.265. The minimum atomic E-state index is -2.32. The van der Waals surface area contributed by atoms with Gasteiger partial charge in [0.15, 0.2) is 23.4 Å². The van der Waals surface area contributed by atoms with E-state index in [0.29, 0.717) is 23.2 Å². The fourth-order valence-corrected chi connectivity index (χ4v) is 8.16. The summed E-state index contributed by atoms with van der Waals surface area (Å²) in [5, 5.41) is 42.1. The Morgan fingerprint density at radius 2 is 1.44 bits per heavy atom. The van der Waals surface area contributed by atoms with Gasteiger partial charge in [-0.25, -0.2) is 4.68 Å². The molecule has 2 heterocycles. The van der Waals surface area contributed by atoms with Crippen LogP contribution in [0.2, 0.25) is 0 Å². The lowest BCUT2D eigenvalue weighted by Gasteiger charge is -2.30. The number of nitrogen functional groups attached to an aromatic ring is 1. The summed E-state index contributed by atoms with van der Waals surface area (Å²) >= 11 is 0. The van der Waals surface area contributed by atoms with Crippen LogP contribution in [-0.2, 0) is 11.2 Å². The number of anilines is 2. The maximum absolute atomic E-state index is 14.1. The number of hydrogen-bond donors (Lipinski definition) is 4. The van der Waals surface area contributed by atoms with Gasteiger partial charge >= 0.3 is 0 Å². The van der Waals surface area contributed by atoms with E-state index >= 15 is 0 Å². The summed E-state index contributed by atoms with van der Waals surface area (Å²) in [7, 11) is 0. The number of ketones is 2. The number of unbranched alkanes of at least 4 members (excludes halogenated alkanes) is 2. The predicted molar refractivity (Wildman–Crippen MR) is 228 cm³/mol. The van der Waals surface area contributed by atoms with Crippen molar-refractivity contribution in [2.75, 3.05) is 17.6 Å². The van der Waals surface area contributed by atoms with Gasteiger partial charge in [-0.1, -0.05) is 128 Å². The highest BCUT2D eigenvalue weighted by atomic mass is 16.6. The van der Waals surface area contributed by atoms with E-state index in [-0.39, 0.29) is 34.8 Å². The zero-order chi connectivity index (χ0) is 41.5. The van der Waals surface area contributed by atoms with E-state index in [9.17, 15) is 25.1 Å². The topological polar surface area (TPSA) is 163 Å². The molecule has 1 unspecified atom stereocenters. The number of Topliss-reactive ketones (excluding diaryl/α,β-unsaturated/α-hetero) is 2. The van der Waals surface area contributed by atoms with Crippen LogP contribution >= 0.6 is 0 Å². The van der Waals surface area contributed by atoms with E-state index in [1.54, 1.807) is 62.4 Å². The molecule has 300 valence electrons. The first-order chi connectivity index (χ1) is 28.6. The first-order valence-corrected chi connectivity index (χ1v) is 20.1. The average Bonchev–Trinajstić information content (AvgIpc) is 3.78. The van der Waals surface area contributed by atoms with Gasteiger partial charge in [0.25, 0.3) is 0 Å². The molecule has 0 aliphatic carbocycles. The number of nitriles is 1. The molecule has 59 heavy (non-hydrogen) atoms. The number of aliphatic hydroxyl groups is 2. The van der Waals surface area contributed by atoms with Crippen LogP contribution in [0.1, 0.15) is 97.6 Å². The van der Waals surface area contributed by atoms with Crippen LogP contribution in [0.15, 0.2) is 133 Å². The molecule has 5 aromatic carbocycles. The molecule has 10 nitrogen and oxygen atoms in total. The summed E-state index contributed by atoms with van der Waals surface area (Å²) in [5.74, 6) is -1.26. The van der Waals surface area contributed by atoms with Crippen molar-refractivity contribution >= 4 is 23.1 Å². The van der Waals surface area contributed by atoms with Crippen LogP contribution in [0.25, 0.3) is 0 Å². The number of hydrogen-bond acceptors (Lipinski definition) is 9. The van der Waals surface area contributed by atoms with Gasteiger partial charge < -0.3 is 26.0 Å². The zero-order valence-electron chi connectivity index (χ0n) is 33.3. The highest BCUT2D eigenvalue weighted by Crippen LogP contribution is 2.43. The molecule has 1 aliphatic rings. The summed E-state index contributed by atoms with van der Waals surface area (Å²) in [6.07, 6.45) is -2.15. The molecular weight excluding hydrogens is 739 g/mol. The largest absolute Gasteiger partial charge is 0.385 e. The highest BCUT2D eigenvalue weighted by Gasteiger charge is 2.58. The van der Waals surface area contributed by atoms with Crippen molar-refractivity contribution in [1.82, 2.24) is 9.78 Å². The number of nitrogens with zero attached hydrogens (tertiary/aromatic N) is 3. The van der Waals surface area contributed by atoms with Gasteiger partial charge in [0.05, 0.1) is 5.69 Å². The van der Waals surface area contributed by atoms with Crippen LogP contribution in [0, 0.1) is 25.2 Å². The second kappa shape index (κ2) is 18.0. The number of aromatic nitrogens is 2. The molecule has 1 aliphatic heterocycles. The van der Waals surface area contributed by atoms with Gasteiger partial charge in [0, 0.05) is 35.7 Å². The minimum absolute atomic E-state index is 0.0180. The van der Waals surface area contributed by atoms with Crippen LogP contribution < -0.4 is 11.1 Å². The van der Waals surface area contributed by atoms with Crippen molar-refractivity contribution in [1.29, 1.82) is 5.26 Å². The molecule has 10 heteroatoms. The van der Waals surface area contributed by atoms with Crippen molar-refractivity contribution < 1.29 is 24.5 Å². The Bertz CT molecular complexity index is 2420. The summed E-state index contributed by atoms with van der Waals surface area (Å²) in [4.78, 5) is 27.8. The summed E-state index contributed by atoms with van der Waals surface area (Å²) in [6, 6.07) is 45.3. The third-order valence-corrected chi connectivity index (χ3v) is 11.3. The molecule has 0 bridgehead atoms. The molecule has 0 saturated carbocycles. The van der Waals surface area contributed by atoms with Crippen molar-refractivity contribution in [2.45, 2.75) is 75.9 Å². The fourth-order valence-electron chi connectivity index (χ4n) is 8.16. The molecule has 1 aromatic heterocycles. The lowest BCUT2D eigenvalue weighted by molar-refractivity contribution is -0.0924. The van der Waals surface area contributed by atoms with Gasteiger partial charge in [-0.15, -0.1) is 0 Å². The Labute approximate surface area is 344 Å². The maximum Gasteiger partial charge on any atom is 0.197 e. The number of aryl methyl sites for hydroxylation is 3. The van der Waals surface area contributed by atoms with E-state index in [4.69, 9.17) is 10.5 Å². The molecule has 4 atom stereocenters. The monoisotopic (exact) mass is 787 g/mol. The Morgan fingerprint density at radius 3 is 2.07 bits per heavy atom. The first-order valence-electron chi connectivity index (χ1n) is 20.1. The summed E-state index contributed by atoms with van der Waals surface area (Å²) < 4.78 is 7.51. The number of nitrogens with two attached hydrogens (primary N) is 1. The molecule has 0 radical (unpaired) electrons. The van der Waals surface area contributed by atoms with Crippen LogP contribution in [-0.4, -0.2) is 55.9 Å². The highest BCUT2D eigenvalue weighted by molar-refractivity contribution is 6.06. The zero-order valence-corrected chi connectivity index (χ0v) is 33.3. The second-order valence-corrected chi connectivity index (χ2v) is 15.3. The van der Waals surface area contributed by atoms with Crippen LogP contribution in [0.4, 0.5) is 11.5 Å². The Morgan fingerprint density at radius 1 is 0.847 bits per heavy atom. The van der Waals surface area contributed by atoms with E-state index < -0.39 is 35.6 Å². The van der Waals surface area contributed by atoms with Gasteiger partial charge in [-0.2, -0.15) is 10.4 Å². The second-order valence-electron chi connectivity index (χ2n) is 15.3. The average molecular weight is 788 g/mol. The predicted octanol–water partition coefficient (Wildman–Crippen LogP) is 8.10. The SMILES string of the molecule is Cc1ccccc1C(=O)C(O)[C@H]1O[C@H](n2nc(CCCCCNc3cccc(C(c4ccccc4)c4ccccc4)c3)c(C#N)c2N)C[C@@]1(O)C(=O)c1ccccc1C. The van der Waals surface area contributed by atoms with E-state index in [2.05, 4.69) is 89.3 Å². The maximum atomic E-state index is 14.1. The molecular formula is C49H49N5O5. The Hall–Kier alpha value is -6.38. The van der Waals surface area contributed by atoms with Crippen molar-refractivity contribution in [3.05, 3.63) is 184 Å². The normalized spacial score (nSPS) is 18.0. The lowest BCUT2D eigenvalue weighted by Crippen LogP contribution is -2.54. The minimum Gasteiger partial charge on any atom is -0.385 e. The number of aliphatic hydroxyl groups excluding tert-OH is 1. The third-order valence-electron chi connectivity index (χ3n) is 11.3. The van der Waals surface area contributed by atoms with Gasteiger partial charge in [0.2, 0.25) is 0 Å². The van der Waals surface area contributed by atoms with E-state index in [0.717, 1.165) is 31.5 Å². The molecule has 0 spiro atoms. The van der Waals surface area contributed by atoms with Crippen molar-refractivity contribution in [3.8, 4) is 6.07 Å². The van der Waals surface area contributed by atoms with Crippen LogP contribution in [0.5, 0.6) is 0 Å². The lowest BCUT2D eigenvalue weighted by atomic mass is 9.81. The summed E-state index contributed by atoms with van der Waals surface area (Å²) in [5.41, 5.74) is 11.3. The first kappa shape index (κ1) is 40.8. The van der Waals surface area contributed by atoms with Crippen molar-refractivity contribution in [3.63, 3.8) is 0 Å². The molecule has 7 rings (SSSR count). The number of rotatable bonds is 16. The molecule has 5 N–H and O–H groups in total. The Kier molecular flexibility index (Phi) is 12.5. The molecule has 0 amide bonds. The molecule has 1 fully saturated rings. The number of carbonyl (C=O) groups is 2. The standard InChI is InChI=1S/C49H49N5O5/c1-32-17-11-13-25-38(32)44(55)45(56)47-49(58,46(57)39-26-14-12-18-33(39)2)30-42(59-47)54-48(51)40(31-50)41(53-54)27-10-5-15-28-52-37-24-16-23-36(29-37)43(34-19-6-3-7-20-34)35-21-8-4-9-22-35/h3-4,6-9,11-14,16-26,29,42-43,45,47,52,56,58H,5,10,15,27-28,30,51H2,1-2H3/t42-,45?,47+,49+/m0/s1. The number of carbonyl (C=O) groups excluding carboxylic acids is 2. The van der Waals surface area contributed by atoms with E-state index in [1.165, 1.54) is 21.4 Å². The number of benzene rings is 5. The van der Waals surface area contributed by atoms with Crippen molar-refractivity contribution in [2.24, 2.45) is 0 Å². The van der Waals surface area contributed by atoms with Crippen LogP contribution in [0.3, 0.4) is 0 Å². The third kappa shape index (κ3) is 8.59. The van der Waals surface area contributed by atoms with Gasteiger partial charge in [-0.3, -0.25) is 9.59 Å². The number of nitrogens with one attached hydrogen (secondary N) is 1. The molecule has 6 aromatic rings.